The molecule has 0 fully saturated rings. The van der Waals surface area contributed by atoms with Crippen LogP contribution < -0.4 is 22.1 Å². The van der Waals surface area contributed by atoms with Crippen molar-refractivity contribution < 1.29 is 18.0 Å². The second-order valence-electron chi connectivity index (χ2n) is 8.83. The third kappa shape index (κ3) is 5.77. The van der Waals surface area contributed by atoms with E-state index < -0.39 is 24.7 Å². The SMILES string of the molecule is Cc1nn(CC(F)F)c2ccc(Nc3nc(N[C@H](CC(C)C)[C@H](C)N)c(F)cc3C(N)=O)cc12. The number of hydrogen-bond donors (Lipinski definition) is 4. The maximum Gasteiger partial charge on any atom is 0.257 e. The summed E-state index contributed by atoms with van der Waals surface area (Å²) in [5, 5.41) is 10.9. The van der Waals surface area contributed by atoms with E-state index in [2.05, 4.69) is 20.7 Å². The van der Waals surface area contributed by atoms with E-state index in [0.29, 0.717) is 34.6 Å². The molecule has 2 heterocycles. The lowest BCUT2D eigenvalue weighted by atomic mass is 9.99. The number of hydrogen-bond acceptors (Lipinski definition) is 6. The zero-order valence-electron chi connectivity index (χ0n) is 19.6. The van der Waals surface area contributed by atoms with Crippen molar-refractivity contribution in [3.63, 3.8) is 0 Å². The number of amides is 1. The molecule has 2 aromatic heterocycles. The van der Waals surface area contributed by atoms with Gasteiger partial charge in [-0.3, -0.25) is 9.48 Å². The number of carbonyl (C=O) groups excluding carboxylic acids is 1. The van der Waals surface area contributed by atoms with Crippen molar-refractivity contribution in [3.8, 4) is 0 Å². The summed E-state index contributed by atoms with van der Waals surface area (Å²) in [6.45, 7) is 7.08. The number of pyridine rings is 1. The van der Waals surface area contributed by atoms with E-state index >= 15 is 0 Å². The molecule has 0 aliphatic rings. The molecule has 0 unspecified atom stereocenters. The minimum absolute atomic E-state index is 0.0568. The van der Waals surface area contributed by atoms with Crippen LogP contribution in [-0.2, 0) is 6.54 Å². The third-order valence-corrected chi connectivity index (χ3v) is 5.43. The largest absolute Gasteiger partial charge is 0.365 e. The molecule has 3 rings (SSSR count). The summed E-state index contributed by atoms with van der Waals surface area (Å²) < 4.78 is 41.7. The van der Waals surface area contributed by atoms with Gasteiger partial charge in [0.05, 0.1) is 16.8 Å². The van der Waals surface area contributed by atoms with Gasteiger partial charge in [0.1, 0.15) is 12.4 Å². The molecule has 1 aromatic carbocycles. The predicted molar refractivity (Wildman–Crippen MR) is 127 cm³/mol. The van der Waals surface area contributed by atoms with Crippen LogP contribution in [0.5, 0.6) is 0 Å². The van der Waals surface area contributed by atoms with Crippen molar-refractivity contribution in [2.24, 2.45) is 17.4 Å². The summed E-state index contributed by atoms with van der Waals surface area (Å²) in [5.74, 6) is -1.27. The Hall–Kier alpha value is -3.34. The normalized spacial score (nSPS) is 13.5. The standard InChI is InChI=1S/C23H30F3N7O/c1-11(2)7-18(12(3)27)30-23-17(24)9-16(21(28)34)22(31-23)29-14-5-6-19-15(8-14)13(4)32-33(19)10-20(25)26/h5-6,8-9,11-12,18,20H,7,10,27H2,1-4H3,(H2,28,34)(H2,29,30,31)/t12-,18+/m0/s1. The van der Waals surface area contributed by atoms with Gasteiger partial charge in [-0.25, -0.2) is 18.2 Å². The van der Waals surface area contributed by atoms with Crippen LogP contribution in [0.1, 0.15) is 43.2 Å². The quantitative estimate of drug-likeness (QED) is 0.348. The smallest absolute Gasteiger partial charge is 0.257 e. The molecule has 0 bridgehead atoms. The van der Waals surface area contributed by atoms with Gasteiger partial charge >= 0.3 is 0 Å². The van der Waals surface area contributed by atoms with Crippen LogP contribution in [0.15, 0.2) is 24.3 Å². The van der Waals surface area contributed by atoms with E-state index in [1.165, 1.54) is 4.68 Å². The van der Waals surface area contributed by atoms with Gasteiger partial charge in [-0.1, -0.05) is 13.8 Å². The number of nitrogens with two attached hydrogens (primary N) is 2. The summed E-state index contributed by atoms with van der Waals surface area (Å²) >= 11 is 0. The molecule has 8 nitrogen and oxygen atoms in total. The number of aryl methyl sites for hydroxylation is 1. The second-order valence-corrected chi connectivity index (χ2v) is 8.83. The first-order valence-corrected chi connectivity index (χ1v) is 11.0. The lowest BCUT2D eigenvalue weighted by Crippen LogP contribution is -2.39. The minimum Gasteiger partial charge on any atom is -0.365 e. The van der Waals surface area contributed by atoms with E-state index in [1.54, 1.807) is 25.1 Å². The number of nitrogens with zero attached hydrogens (tertiary/aromatic N) is 3. The topological polar surface area (TPSA) is 124 Å². The molecule has 0 aliphatic carbocycles. The van der Waals surface area contributed by atoms with Crippen LogP contribution in [-0.4, -0.2) is 39.2 Å². The number of benzene rings is 1. The van der Waals surface area contributed by atoms with Crippen molar-refractivity contribution in [1.82, 2.24) is 14.8 Å². The van der Waals surface area contributed by atoms with Crippen LogP contribution in [0.4, 0.5) is 30.5 Å². The summed E-state index contributed by atoms with van der Waals surface area (Å²) in [6.07, 6.45) is -1.85. The maximum atomic E-state index is 14.8. The number of carbonyl (C=O) groups is 1. The lowest BCUT2D eigenvalue weighted by Gasteiger charge is -2.25. The van der Waals surface area contributed by atoms with Gasteiger partial charge in [0.25, 0.3) is 12.3 Å². The molecule has 34 heavy (non-hydrogen) atoms. The Bertz CT molecular complexity index is 1180. The highest BCUT2D eigenvalue weighted by Crippen LogP contribution is 2.28. The molecular formula is C23H30F3N7O. The van der Waals surface area contributed by atoms with Gasteiger partial charge in [0.15, 0.2) is 11.6 Å². The fourth-order valence-corrected chi connectivity index (χ4v) is 3.79. The van der Waals surface area contributed by atoms with Crippen molar-refractivity contribution in [2.45, 2.75) is 59.2 Å². The van der Waals surface area contributed by atoms with E-state index in [-0.39, 0.29) is 29.3 Å². The number of aromatic nitrogens is 3. The van der Waals surface area contributed by atoms with Crippen molar-refractivity contribution in [3.05, 3.63) is 41.3 Å². The van der Waals surface area contributed by atoms with Crippen molar-refractivity contribution in [2.75, 3.05) is 10.6 Å². The molecule has 0 spiro atoms. The summed E-state index contributed by atoms with van der Waals surface area (Å²) in [5.41, 5.74) is 13.0. The first-order chi connectivity index (χ1) is 16.0. The first-order valence-electron chi connectivity index (χ1n) is 11.0. The van der Waals surface area contributed by atoms with Crippen LogP contribution in [0.2, 0.25) is 0 Å². The Morgan fingerprint density at radius 1 is 1.18 bits per heavy atom. The van der Waals surface area contributed by atoms with Gasteiger partial charge < -0.3 is 22.1 Å². The monoisotopic (exact) mass is 477 g/mol. The van der Waals surface area contributed by atoms with E-state index in [4.69, 9.17) is 11.5 Å². The van der Waals surface area contributed by atoms with E-state index in [1.807, 2.05) is 20.8 Å². The Morgan fingerprint density at radius 3 is 2.47 bits per heavy atom. The number of fused-ring (bicyclic) bond motifs is 1. The molecule has 184 valence electrons. The zero-order valence-corrected chi connectivity index (χ0v) is 19.6. The molecule has 0 saturated heterocycles. The Labute approximate surface area is 195 Å². The fourth-order valence-electron chi connectivity index (χ4n) is 3.79. The van der Waals surface area contributed by atoms with Crippen LogP contribution in [0, 0.1) is 18.7 Å². The zero-order chi connectivity index (χ0) is 25.2. The third-order valence-electron chi connectivity index (χ3n) is 5.43. The first kappa shape index (κ1) is 25.3. The number of anilines is 3. The highest BCUT2D eigenvalue weighted by atomic mass is 19.3. The average Bonchev–Trinajstić information content (AvgIpc) is 3.03. The van der Waals surface area contributed by atoms with Gasteiger partial charge in [-0.15, -0.1) is 0 Å². The van der Waals surface area contributed by atoms with Gasteiger partial charge in [0.2, 0.25) is 0 Å². The summed E-state index contributed by atoms with van der Waals surface area (Å²) in [7, 11) is 0. The van der Waals surface area contributed by atoms with Gasteiger partial charge in [0, 0.05) is 23.2 Å². The fraction of sp³-hybridized carbons (Fsp3) is 0.435. The molecular weight excluding hydrogens is 447 g/mol. The molecule has 0 radical (unpaired) electrons. The molecule has 6 N–H and O–H groups in total. The average molecular weight is 478 g/mol. The van der Waals surface area contributed by atoms with Gasteiger partial charge in [-0.2, -0.15) is 5.10 Å². The van der Waals surface area contributed by atoms with Gasteiger partial charge in [-0.05, 0) is 50.5 Å². The Kier molecular flexibility index (Phi) is 7.65. The number of rotatable bonds is 10. The second kappa shape index (κ2) is 10.3. The molecule has 0 aliphatic heterocycles. The molecule has 1 amide bonds. The highest BCUT2D eigenvalue weighted by Gasteiger charge is 2.21. The van der Waals surface area contributed by atoms with Crippen molar-refractivity contribution in [1.29, 1.82) is 0 Å². The minimum atomic E-state index is -2.54. The predicted octanol–water partition coefficient (Wildman–Crippen LogP) is 4.16. The summed E-state index contributed by atoms with van der Waals surface area (Å²) in [6, 6.07) is 5.49. The van der Waals surface area contributed by atoms with Crippen LogP contribution in [0.3, 0.4) is 0 Å². The van der Waals surface area contributed by atoms with Crippen molar-refractivity contribution >= 4 is 34.1 Å². The van der Waals surface area contributed by atoms with E-state index in [9.17, 15) is 18.0 Å². The lowest BCUT2D eigenvalue weighted by molar-refractivity contribution is 0.1000. The Balaban J connectivity index is 1.98. The number of nitrogens with one attached hydrogen (secondary N) is 2. The van der Waals surface area contributed by atoms with E-state index in [0.717, 1.165) is 6.07 Å². The summed E-state index contributed by atoms with van der Waals surface area (Å²) in [4.78, 5) is 16.3. The van der Waals surface area contributed by atoms with Crippen LogP contribution >= 0.6 is 0 Å². The number of alkyl halides is 2. The molecule has 0 saturated carbocycles. The molecule has 11 heteroatoms. The highest BCUT2D eigenvalue weighted by molar-refractivity contribution is 5.99. The molecule has 3 aromatic rings. The maximum absolute atomic E-state index is 14.8. The number of primary amides is 1. The van der Waals surface area contributed by atoms with Crippen LogP contribution in [0.25, 0.3) is 10.9 Å². The Morgan fingerprint density at radius 2 is 1.88 bits per heavy atom. The molecule has 2 atom stereocenters. The number of halogens is 3.